The Balaban J connectivity index is 2.56. The lowest BCUT2D eigenvalue weighted by molar-refractivity contribution is 0.0691. The van der Waals surface area contributed by atoms with Crippen LogP contribution >= 0.6 is 11.8 Å². The van der Waals surface area contributed by atoms with Crippen LogP contribution in [0.4, 0.5) is 0 Å². The molecule has 0 atom stereocenters. The van der Waals surface area contributed by atoms with E-state index in [0.29, 0.717) is 29.6 Å². The highest BCUT2D eigenvalue weighted by Gasteiger charge is 2.21. The fourth-order valence-corrected chi connectivity index (χ4v) is 2.18. The van der Waals surface area contributed by atoms with Crippen LogP contribution in [0.1, 0.15) is 10.4 Å². The van der Waals surface area contributed by atoms with E-state index in [9.17, 15) is 4.79 Å². The van der Waals surface area contributed by atoms with Crippen LogP contribution in [0, 0.1) is 0 Å². The van der Waals surface area contributed by atoms with Crippen molar-refractivity contribution in [3.8, 4) is 11.5 Å². The molecule has 1 aliphatic rings. The van der Waals surface area contributed by atoms with Gasteiger partial charge in [0.15, 0.2) is 11.5 Å². The molecule has 0 unspecified atom stereocenters. The summed E-state index contributed by atoms with van der Waals surface area (Å²) in [6.07, 6.45) is 1.82. The van der Waals surface area contributed by atoms with Gasteiger partial charge in [-0.15, -0.1) is 11.8 Å². The number of carboxylic acids is 1. The highest BCUT2D eigenvalue weighted by atomic mass is 32.2. The van der Waals surface area contributed by atoms with Gasteiger partial charge in [0.1, 0.15) is 13.2 Å². The van der Waals surface area contributed by atoms with Gasteiger partial charge in [0.25, 0.3) is 0 Å². The van der Waals surface area contributed by atoms with Crippen molar-refractivity contribution in [1.29, 1.82) is 0 Å². The number of carbonyl (C=O) groups is 1. The highest BCUT2D eigenvalue weighted by Crippen LogP contribution is 2.40. The Morgan fingerprint density at radius 1 is 1.40 bits per heavy atom. The van der Waals surface area contributed by atoms with Crippen LogP contribution in [0.2, 0.25) is 0 Å². The quantitative estimate of drug-likeness (QED) is 0.780. The second-order valence-corrected chi connectivity index (χ2v) is 3.79. The van der Waals surface area contributed by atoms with Gasteiger partial charge in [-0.2, -0.15) is 0 Å². The molecule has 5 heteroatoms. The van der Waals surface area contributed by atoms with Gasteiger partial charge in [-0.05, 0) is 18.4 Å². The Morgan fingerprint density at radius 2 is 2.13 bits per heavy atom. The molecule has 4 nitrogen and oxygen atoms in total. The summed E-state index contributed by atoms with van der Waals surface area (Å²) >= 11 is 1.35. The lowest BCUT2D eigenvalue weighted by Gasteiger charge is -2.21. The zero-order valence-electron chi connectivity index (χ0n) is 8.15. The van der Waals surface area contributed by atoms with Crippen molar-refractivity contribution in [1.82, 2.24) is 0 Å². The summed E-state index contributed by atoms with van der Waals surface area (Å²) in [5.74, 6) is 0.223. The minimum atomic E-state index is -0.948. The average Bonchev–Trinajstić information content (AvgIpc) is 2.27. The van der Waals surface area contributed by atoms with Crippen LogP contribution in [-0.4, -0.2) is 30.5 Å². The van der Waals surface area contributed by atoms with Gasteiger partial charge >= 0.3 is 5.97 Å². The fourth-order valence-electron chi connectivity index (χ4n) is 1.46. The van der Waals surface area contributed by atoms with E-state index in [0.717, 1.165) is 0 Å². The Hall–Kier alpha value is -1.36. The molecule has 15 heavy (non-hydrogen) atoms. The van der Waals surface area contributed by atoms with E-state index >= 15 is 0 Å². The van der Waals surface area contributed by atoms with E-state index in [1.54, 1.807) is 12.1 Å². The summed E-state index contributed by atoms with van der Waals surface area (Å²) in [7, 11) is 0. The molecule has 1 aromatic rings. The smallest absolute Gasteiger partial charge is 0.336 e. The van der Waals surface area contributed by atoms with Gasteiger partial charge in [0, 0.05) is 0 Å². The number of hydrogen-bond acceptors (Lipinski definition) is 4. The molecular weight excluding hydrogens is 216 g/mol. The van der Waals surface area contributed by atoms with E-state index in [-0.39, 0.29) is 5.56 Å². The third-order valence-corrected chi connectivity index (χ3v) is 2.91. The summed E-state index contributed by atoms with van der Waals surface area (Å²) in [6.45, 7) is 0.969. The van der Waals surface area contributed by atoms with Crippen LogP contribution in [0.25, 0.3) is 0 Å². The number of fused-ring (bicyclic) bond motifs is 1. The van der Waals surface area contributed by atoms with Gasteiger partial charge < -0.3 is 14.6 Å². The van der Waals surface area contributed by atoms with Crippen molar-refractivity contribution in [2.75, 3.05) is 19.5 Å². The molecule has 1 aromatic carbocycles. The molecule has 0 bridgehead atoms. The summed E-state index contributed by atoms with van der Waals surface area (Å²) < 4.78 is 10.8. The van der Waals surface area contributed by atoms with Gasteiger partial charge in [0.2, 0.25) is 0 Å². The van der Waals surface area contributed by atoms with Gasteiger partial charge in [-0.3, -0.25) is 0 Å². The number of rotatable bonds is 2. The molecule has 1 N–H and O–H groups in total. The first-order chi connectivity index (χ1) is 7.24. The summed E-state index contributed by atoms with van der Waals surface area (Å²) in [5.41, 5.74) is 0.256. The normalized spacial score (nSPS) is 13.7. The first-order valence-corrected chi connectivity index (χ1v) is 5.66. The van der Waals surface area contributed by atoms with Crippen LogP contribution in [0.15, 0.2) is 17.0 Å². The number of hydrogen-bond donors (Lipinski definition) is 1. The second kappa shape index (κ2) is 4.02. The molecule has 0 radical (unpaired) electrons. The van der Waals surface area contributed by atoms with Crippen molar-refractivity contribution >= 4 is 17.7 Å². The first-order valence-electron chi connectivity index (χ1n) is 4.44. The molecule has 80 valence electrons. The van der Waals surface area contributed by atoms with Crippen molar-refractivity contribution in [3.63, 3.8) is 0 Å². The molecule has 2 rings (SSSR count). The van der Waals surface area contributed by atoms with Gasteiger partial charge in [-0.25, -0.2) is 4.79 Å². The van der Waals surface area contributed by atoms with Gasteiger partial charge in [-0.1, -0.05) is 0 Å². The maximum Gasteiger partial charge on any atom is 0.336 e. The molecule has 0 aliphatic carbocycles. The van der Waals surface area contributed by atoms with Crippen molar-refractivity contribution in [2.45, 2.75) is 4.90 Å². The Bertz CT molecular complexity index is 403. The monoisotopic (exact) mass is 226 g/mol. The number of benzene rings is 1. The number of aromatic carboxylic acids is 1. The topological polar surface area (TPSA) is 55.8 Å². The van der Waals surface area contributed by atoms with Crippen LogP contribution in [0.5, 0.6) is 11.5 Å². The first kappa shape index (κ1) is 10.2. The van der Waals surface area contributed by atoms with Crippen molar-refractivity contribution in [2.24, 2.45) is 0 Å². The SMILES string of the molecule is CSc1c(C(=O)O)ccc2c1OCCO2. The lowest BCUT2D eigenvalue weighted by Crippen LogP contribution is -2.17. The van der Waals surface area contributed by atoms with E-state index in [1.807, 2.05) is 6.26 Å². The molecule has 0 saturated heterocycles. The molecule has 0 spiro atoms. The van der Waals surface area contributed by atoms with E-state index in [4.69, 9.17) is 14.6 Å². The maximum absolute atomic E-state index is 11.0. The van der Waals surface area contributed by atoms with E-state index in [2.05, 4.69) is 0 Å². The van der Waals surface area contributed by atoms with E-state index in [1.165, 1.54) is 11.8 Å². The zero-order chi connectivity index (χ0) is 10.8. The average molecular weight is 226 g/mol. The minimum absolute atomic E-state index is 0.256. The lowest BCUT2D eigenvalue weighted by atomic mass is 10.2. The number of thioether (sulfide) groups is 1. The van der Waals surface area contributed by atoms with Crippen LogP contribution in [0.3, 0.4) is 0 Å². The van der Waals surface area contributed by atoms with Crippen LogP contribution < -0.4 is 9.47 Å². The second-order valence-electron chi connectivity index (χ2n) is 2.98. The third-order valence-electron chi connectivity index (χ3n) is 2.10. The number of ether oxygens (including phenoxy) is 2. The summed E-state index contributed by atoms with van der Waals surface area (Å²) in [6, 6.07) is 3.18. The molecule has 0 aromatic heterocycles. The molecule has 0 amide bonds. The standard InChI is InChI=1S/C10H10O4S/c1-15-9-6(10(11)12)2-3-7-8(9)14-5-4-13-7/h2-3H,4-5H2,1H3,(H,11,12). The third kappa shape index (κ3) is 1.74. The van der Waals surface area contributed by atoms with Crippen LogP contribution in [-0.2, 0) is 0 Å². The van der Waals surface area contributed by atoms with Crippen molar-refractivity contribution in [3.05, 3.63) is 17.7 Å². The minimum Gasteiger partial charge on any atom is -0.486 e. The van der Waals surface area contributed by atoms with E-state index < -0.39 is 5.97 Å². The summed E-state index contributed by atoms with van der Waals surface area (Å²) in [5, 5.41) is 8.99. The molecule has 1 heterocycles. The predicted octanol–water partition coefficient (Wildman–Crippen LogP) is 1.88. The maximum atomic E-state index is 11.0. The number of carboxylic acid groups (broad SMARTS) is 1. The molecular formula is C10H10O4S. The Kier molecular flexibility index (Phi) is 2.73. The Morgan fingerprint density at radius 3 is 2.80 bits per heavy atom. The van der Waals surface area contributed by atoms with Crippen molar-refractivity contribution < 1.29 is 19.4 Å². The Labute approximate surface area is 91.2 Å². The van der Waals surface area contributed by atoms with Gasteiger partial charge in [0.05, 0.1) is 10.5 Å². The zero-order valence-corrected chi connectivity index (χ0v) is 8.97. The molecule has 0 saturated carbocycles. The molecule has 0 fully saturated rings. The largest absolute Gasteiger partial charge is 0.486 e. The predicted molar refractivity (Wildman–Crippen MR) is 56.2 cm³/mol. The fraction of sp³-hybridized carbons (Fsp3) is 0.300. The molecule has 1 aliphatic heterocycles. The summed E-state index contributed by atoms with van der Waals surface area (Å²) in [4.78, 5) is 11.6. The highest BCUT2D eigenvalue weighted by molar-refractivity contribution is 7.98.